The van der Waals surface area contributed by atoms with Crippen molar-refractivity contribution in [1.82, 2.24) is 19.4 Å². The Kier molecular flexibility index (Phi) is 5.72. The number of carbonyl (C=O) groups excluding carboxylic acids is 1. The second-order valence-electron chi connectivity index (χ2n) is 7.94. The van der Waals surface area contributed by atoms with E-state index >= 15 is 0 Å². The number of benzene rings is 1. The predicted molar refractivity (Wildman–Crippen MR) is 113 cm³/mol. The normalized spacial score (nSPS) is 15.8. The van der Waals surface area contributed by atoms with E-state index < -0.39 is 0 Å². The van der Waals surface area contributed by atoms with Crippen LogP contribution in [-0.2, 0) is 18.3 Å². The van der Waals surface area contributed by atoms with Gasteiger partial charge < -0.3 is 9.47 Å². The van der Waals surface area contributed by atoms with Crippen molar-refractivity contribution in [2.24, 2.45) is 13.0 Å². The molecule has 29 heavy (non-hydrogen) atoms. The Balaban J connectivity index is 1.49. The smallest absolute Gasteiger partial charge is 0.142 e. The van der Waals surface area contributed by atoms with Crippen molar-refractivity contribution < 1.29 is 9.18 Å². The number of carbonyl (C=O) groups is 1. The highest BCUT2D eigenvalue weighted by Gasteiger charge is 2.25. The molecule has 0 saturated carbocycles. The van der Waals surface area contributed by atoms with Gasteiger partial charge in [-0.05, 0) is 50.4 Å². The maximum absolute atomic E-state index is 12.8. The van der Waals surface area contributed by atoms with Crippen molar-refractivity contribution >= 4 is 16.6 Å². The van der Waals surface area contributed by atoms with E-state index in [1.807, 2.05) is 32.4 Å². The van der Waals surface area contributed by atoms with Gasteiger partial charge in [0.2, 0.25) is 0 Å². The molecule has 0 aliphatic carbocycles. The van der Waals surface area contributed by atoms with Crippen LogP contribution in [0.5, 0.6) is 0 Å². The number of halogens is 1. The Hall–Kier alpha value is -2.60. The van der Waals surface area contributed by atoms with Crippen LogP contribution in [0.15, 0.2) is 36.7 Å². The van der Waals surface area contributed by atoms with E-state index in [0.29, 0.717) is 13.0 Å². The molecule has 1 aliphatic heterocycles. The molecule has 0 atom stereocenters. The van der Waals surface area contributed by atoms with Gasteiger partial charge in [-0.3, -0.25) is 9.78 Å². The Labute approximate surface area is 170 Å². The maximum atomic E-state index is 12.8. The average Bonchev–Trinajstić information content (AvgIpc) is 3.07. The number of fused-ring (bicyclic) bond motifs is 1. The quantitative estimate of drug-likeness (QED) is 0.639. The molecule has 0 bridgehead atoms. The molecule has 0 spiro atoms. The lowest BCUT2D eigenvalue weighted by Gasteiger charge is -2.30. The lowest BCUT2D eigenvalue weighted by Crippen LogP contribution is -2.37. The maximum Gasteiger partial charge on any atom is 0.142 e. The summed E-state index contributed by atoms with van der Waals surface area (Å²) in [6.45, 7) is 3.75. The second kappa shape index (κ2) is 8.41. The number of alkyl halides is 1. The second-order valence-corrected chi connectivity index (χ2v) is 7.94. The van der Waals surface area contributed by atoms with Gasteiger partial charge in [0.1, 0.15) is 18.3 Å². The third kappa shape index (κ3) is 4.22. The number of aryl methyl sites for hydroxylation is 1. The van der Waals surface area contributed by atoms with Gasteiger partial charge in [-0.15, -0.1) is 0 Å². The summed E-state index contributed by atoms with van der Waals surface area (Å²) in [5.41, 5.74) is 2.98. The van der Waals surface area contributed by atoms with Crippen molar-refractivity contribution in [1.29, 1.82) is 0 Å². The molecule has 4 rings (SSSR count). The predicted octanol–water partition coefficient (Wildman–Crippen LogP) is 3.74. The van der Waals surface area contributed by atoms with Gasteiger partial charge in [-0.25, -0.2) is 9.37 Å². The van der Waals surface area contributed by atoms with E-state index in [1.165, 1.54) is 0 Å². The molecule has 152 valence electrons. The largest absolute Gasteiger partial charge is 0.331 e. The molecule has 3 heterocycles. The lowest BCUT2D eigenvalue weighted by atomic mass is 9.90. The van der Waals surface area contributed by atoms with E-state index in [4.69, 9.17) is 0 Å². The summed E-state index contributed by atoms with van der Waals surface area (Å²) in [6.07, 6.45) is 5.73. The zero-order valence-corrected chi connectivity index (χ0v) is 17.1. The number of aromatic nitrogens is 3. The van der Waals surface area contributed by atoms with Crippen molar-refractivity contribution in [2.45, 2.75) is 26.2 Å². The molecule has 1 aromatic carbocycles. The van der Waals surface area contributed by atoms with Crippen LogP contribution < -0.4 is 0 Å². The molecule has 5 nitrogen and oxygen atoms in total. The molecular formula is C23H27FN4O. The number of piperidine rings is 1. The average molecular weight is 394 g/mol. The molecular weight excluding hydrogens is 367 g/mol. The molecule has 1 fully saturated rings. The lowest BCUT2D eigenvalue weighted by molar-refractivity contribution is -0.123. The van der Waals surface area contributed by atoms with E-state index in [0.717, 1.165) is 59.5 Å². The molecule has 1 saturated heterocycles. The van der Waals surface area contributed by atoms with Gasteiger partial charge in [-0.2, -0.15) is 0 Å². The van der Waals surface area contributed by atoms with Gasteiger partial charge in [0.15, 0.2) is 0 Å². The van der Waals surface area contributed by atoms with Crippen LogP contribution in [-0.4, -0.2) is 51.5 Å². The fourth-order valence-electron chi connectivity index (χ4n) is 4.13. The van der Waals surface area contributed by atoms with Crippen LogP contribution >= 0.6 is 0 Å². The number of hydrogen-bond donors (Lipinski definition) is 0. The highest BCUT2D eigenvalue weighted by molar-refractivity contribution is 5.88. The van der Waals surface area contributed by atoms with Gasteiger partial charge in [0.25, 0.3) is 0 Å². The summed E-state index contributed by atoms with van der Waals surface area (Å²) < 4.78 is 14.6. The number of ketones is 1. The molecule has 0 radical (unpaired) electrons. The summed E-state index contributed by atoms with van der Waals surface area (Å²) in [4.78, 5) is 23.7. The molecule has 2 aromatic heterocycles. The Morgan fingerprint density at radius 3 is 2.62 bits per heavy atom. The summed E-state index contributed by atoms with van der Waals surface area (Å²) in [7, 11) is 2.01. The van der Waals surface area contributed by atoms with Crippen molar-refractivity contribution in [3.8, 4) is 11.3 Å². The van der Waals surface area contributed by atoms with Crippen LogP contribution in [0.1, 0.15) is 24.4 Å². The number of Topliss-reactive ketones (excluding diaryl/α,β-unsaturated/α-hetero) is 1. The topological polar surface area (TPSA) is 51.0 Å². The molecule has 0 N–H and O–H groups in total. The summed E-state index contributed by atoms with van der Waals surface area (Å²) in [5, 5.41) is 2.14. The number of rotatable bonds is 6. The Morgan fingerprint density at radius 2 is 1.93 bits per heavy atom. The van der Waals surface area contributed by atoms with Crippen LogP contribution in [0.25, 0.3) is 22.0 Å². The first-order valence-corrected chi connectivity index (χ1v) is 10.2. The van der Waals surface area contributed by atoms with Gasteiger partial charge in [0, 0.05) is 48.8 Å². The fraction of sp³-hybridized carbons (Fsp3) is 0.435. The summed E-state index contributed by atoms with van der Waals surface area (Å²) in [6, 6.07) is 8.30. The van der Waals surface area contributed by atoms with E-state index in [-0.39, 0.29) is 18.4 Å². The number of likely N-dealkylation sites (tertiary alicyclic amines) is 1. The highest BCUT2D eigenvalue weighted by Crippen LogP contribution is 2.26. The van der Waals surface area contributed by atoms with Gasteiger partial charge >= 0.3 is 0 Å². The number of hydrogen-bond acceptors (Lipinski definition) is 4. The highest BCUT2D eigenvalue weighted by atomic mass is 19.1. The Morgan fingerprint density at radius 1 is 1.14 bits per heavy atom. The minimum Gasteiger partial charge on any atom is -0.331 e. The molecule has 1 aliphatic rings. The molecule has 3 aromatic rings. The minimum atomic E-state index is -0.319. The van der Waals surface area contributed by atoms with Crippen LogP contribution in [0.4, 0.5) is 4.39 Å². The SMILES string of the molecule is Cc1ncc(-c2ccc3cnc(CC(=O)C4CCN(CCF)CC4)cc3c2)n1C. The fourth-order valence-corrected chi connectivity index (χ4v) is 4.13. The minimum absolute atomic E-state index is 0.0621. The van der Waals surface area contributed by atoms with Crippen molar-refractivity contribution in [3.63, 3.8) is 0 Å². The molecule has 0 amide bonds. The van der Waals surface area contributed by atoms with Crippen molar-refractivity contribution in [2.75, 3.05) is 26.3 Å². The number of nitrogens with zero attached hydrogens (tertiary/aromatic N) is 4. The van der Waals surface area contributed by atoms with Crippen LogP contribution in [0.3, 0.4) is 0 Å². The van der Waals surface area contributed by atoms with Gasteiger partial charge in [0.05, 0.1) is 11.9 Å². The first-order valence-electron chi connectivity index (χ1n) is 10.2. The first-order chi connectivity index (χ1) is 14.0. The standard InChI is InChI=1S/C23H27FN4O/c1-16-25-15-22(27(16)2)18-3-4-19-14-26-21(12-20(19)11-18)13-23(29)17-5-8-28(9-6-17)10-7-24/h3-4,11-12,14-15,17H,5-10,13H2,1-2H3. The molecule has 0 unspecified atom stereocenters. The Bertz CT molecular complexity index is 1020. The van der Waals surface area contributed by atoms with Gasteiger partial charge in [-0.1, -0.05) is 12.1 Å². The molecule has 6 heteroatoms. The summed E-state index contributed by atoms with van der Waals surface area (Å²) in [5.74, 6) is 1.28. The number of pyridine rings is 1. The zero-order chi connectivity index (χ0) is 20.4. The van der Waals surface area contributed by atoms with E-state index in [1.54, 1.807) is 0 Å². The van der Waals surface area contributed by atoms with E-state index in [9.17, 15) is 9.18 Å². The third-order valence-corrected chi connectivity index (χ3v) is 6.09. The van der Waals surface area contributed by atoms with Crippen LogP contribution in [0.2, 0.25) is 0 Å². The summed E-state index contributed by atoms with van der Waals surface area (Å²) >= 11 is 0. The van der Waals surface area contributed by atoms with Crippen molar-refractivity contribution in [3.05, 3.63) is 48.2 Å². The zero-order valence-electron chi connectivity index (χ0n) is 17.1. The first kappa shape index (κ1) is 19.7. The van der Waals surface area contributed by atoms with E-state index in [2.05, 4.69) is 37.6 Å². The third-order valence-electron chi connectivity index (χ3n) is 6.09. The number of imidazole rings is 1. The van der Waals surface area contributed by atoms with Crippen LogP contribution in [0, 0.1) is 12.8 Å². The monoisotopic (exact) mass is 394 g/mol.